The molecule has 0 rings (SSSR count). The van der Waals surface area contributed by atoms with E-state index in [1.807, 2.05) is 0 Å². The molecule has 0 bridgehead atoms. The van der Waals surface area contributed by atoms with Crippen LogP contribution in [0.5, 0.6) is 0 Å². The Hall–Kier alpha value is 0.440. The van der Waals surface area contributed by atoms with Crippen LogP contribution in [0, 0.1) is 10.8 Å². The van der Waals surface area contributed by atoms with E-state index < -0.39 is 0 Å². The molecule has 0 fully saturated rings. The topological polar surface area (TPSA) is 9.23 Å². The lowest BCUT2D eigenvalue weighted by molar-refractivity contribution is -0.112. The molecule has 2 heteroatoms. The van der Waals surface area contributed by atoms with Gasteiger partial charge in [-0.1, -0.05) is 199 Å². The predicted molar refractivity (Wildman–Crippen MR) is 182 cm³/mol. The molecule has 0 radical (unpaired) electrons. The standard InChI is InChI=1S/C37H75BrO/c1-7-10-13-16-19-21-24-27-31-37(36(4,5)6,32-28-25-22-20-17-14-11-8-2)35(39-34-29-33-38)30-26-23-18-15-12-9-3/h35H,7-34H2,1-6H3. The SMILES string of the molecule is CCCCCCCCCCC(CCCCCCCCCC)(C(CCCCCCCC)OCCCBr)C(C)(C)C. The summed E-state index contributed by atoms with van der Waals surface area (Å²) in [7, 11) is 0. The second-order valence-electron chi connectivity index (χ2n) is 13.8. The van der Waals surface area contributed by atoms with Crippen molar-refractivity contribution in [3.8, 4) is 0 Å². The van der Waals surface area contributed by atoms with Gasteiger partial charge in [0.2, 0.25) is 0 Å². The van der Waals surface area contributed by atoms with Gasteiger partial charge in [-0.2, -0.15) is 0 Å². The van der Waals surface area contributed by atoms with Gasteiger partial charge in [0.15, 0.2) is 0 Å². The molecule has 1 unspecified atom stereocenters. The van der Waals surface area contributed by atoms with Gasteiger partial charge in [-0.05, 0) is 31.1 Å². The molecule has 0 aromatic rings. The monoisotopic (exact) mass is 615 g/mol. The molecule has 0 saturated heterocycles. The Kier molecular flexibility index (Phi) is 27.6. The van der Waals surface area contributed by atoms with Gasteiger partial charge in [0.1, 0.15) is 0 Å². The molecule has 0 spiro atoms. The van der Waals surface area contributed by atoms with Crippen LogP contribution in [0.2, 0.25) is 0 Å². The molecule has 0 aliphatic rings. The first kappa shape index (κ1) is 39.4. The van der Waals surface area contributed by atoms with Crippen molar-refractivity contribution in [2.75, 3.05) is 11.9 Å². The Morgan fingerprint density at radius 3 is 1.21 bits per heavy atom. The number of rotatable bonds is 30. The zero-order valence-electron chi connectivity index (χ0n) is 28.2. The molecular formula is C37H75BrO. The van der Waals surface area contributed by atoms with Crippen molar-refractivity contribution in [3.63, 3.8) is 0 Å². The fourth-order valence-corrected chi connectivity index (χ4v) is 6.97. The minimum atomic E-state index is 0.274. The molecule has 1 atom stereocenters. The van der Waals surface area contributed by atoms with Crippen molar-refractivity contribution in [3.05, 3.63) is 0 Å². The molecule has 1 nitrogen and oxygen atoms in total. The lowest BCUT2D eigenvalue weighted by Crippen LogP contribution is -2.47. The summed E-state index contributed by atoms with van der Waals surface area (Å²) in [6, 6.07) is 0. The van der Waals surface area contributed by atoms with E-state index in [1.54, 1.807) is 0 Å². The van der Waals surface area contributed by atoms with Gasteiger partial charge in [-0.25, -0.2) is 0 Å². The number of alkyl halides is 1. The Morgan fingerprint density at radius 2 is 0.846 bits per heavy atom. The molecule has 236 valence electrons. The van der Waals surface area contributed by atoms with E-state index in [0.29, 0.717) is 11.5 Å². The fraction of sp³-hybridized carbons (Fsp3) is 1.00. The summed E-state index contributed by atoms with van der Waals surface area (Å²) in [4.78, 5) is 0. The van der Waals surface area contributed by atoms with Gasteiger partial charge in [0, 0.05) is 17.4 Å². The fourth-order valence-electron chi connectivity index (χ4n) is 6.74. The first-order valence-corrected chi connectivity index (χ1v) is 19.2. The third-order valence-corrected chi connectivity index (χ3v) is 10.0. The van der Waals surface area contributed by atoms with Crippen LogP contribution in [0.1, 0.15) is 208 Å². The van der Waals surface area contributed by atoms with Crippen molar-refractivity contribution in [1.29, 1.82) is 0 Å². The van der Waals surface area contributed by atoms with Crippen molar-refractivity contribution >= 4 is 15.9 Å². The van der Waals surface area contributed by atoms with E-state index >= 15 is 0 Å². The van der Waals surface area contributed by atoms with E-state index in [2.05, 4.69) is 57.5 Å². The maximum absolute atomic E-state index is 6.92. The Labute approximate surface area is 257 Å². The van der Waals surface area contributed by atoms with Crippen molar-refractivity contribution in [2.24, 2.45) is 10.8 Å². The molecule has 39 heavy (non-hydrogen) atoms. The van der Waals surface area contributed by atoms with Gasteiger partial charge >= 0.3 is 0 Å². The van der Waals surface area contributed by atoms with Crippen molar-refractivity contribution in [2.45, 2.75) is 215 Å². The molecule has 0 aliphatic carbocycles. The maximum Gasteiger partial charge on any atom is 0.0636 e. The van der Waals surface area contributed by atoms with E-state index in [1.165, 1.54) is 161 Å². The van der Waals surface area contributed by atoms with Crippen molar-refractivity contribution in [1.82, 2.24) is 0 Å². The van der Waals surface area contributed by atoms with Crippen LogP contribution in [0.4, 0.5) is 0 Å². The van der Waals surface area contributed by atoms with Gasteiger partial charge in [-0.15, -0.1) is 0 Å². The summed E-state index contributed by atoms with van der Waals surface area (Å²) < 4.78 is 6.92. The number of hydrogen-bond acceptors (Lipinski definition) is 1. The predicted octanol–water partition coefficient (Wildman–Crippen LogP) is 14.0. The number of halogens is 1. The summed E-state index contributed by atoms with van der Waals surface area (Å²) >= 11 is 3.66. The third kappa shape index (κ3) is 20.1. The first-order chi connectivity index (χ1) is 18.9. The normalized spacial score (nSPS) is 13.3. The minimum absolute atomic E-state index is 0.274. The van der Waals surface area contributed by atoms with E-state index in [-0.39, 0.29) is 5.41 Å². The highest BCUT2D eigenvalue weighted by Crippen LogP contribution is 2.52. The number of ether oxygens (including phenoxy) is 1. The highest BCUT2D eigenvalue weighted by molar-refractivity contribution is 9.09. The largest absolute Gasteiger partial charge is 0.378 e. The molecular weight excluding hydrogens is 540 g/mol. The second kappa shape index (κ2) is 27.3. The molecule has 0 N–H and O–H groups in total. The van der Waals surface area contributed by atoms with Crippen LogP contribution in [0.3, 0.4) is 0 Å². The van der Waals surface area contributed by atoms with E-state index in [0.717, 1.165) is 18.4 Å². The van der Waals surface area contributed by atoms with E-state index in [4.69, 9.17) is 4.74 Å². The van der Waals surface area contributed by atoms with Crippen molar-refractivity contribution < 1.29 is 4.74 Å². The smallest absolute Gasteiger partial charge is 0.0636 e. The summed E-state index contributed by atoms with van der Waals surface area (Å²) in [6.45, 7) is 15.5. The first-order valence-electron chi connectivity index (χ1n) is 18.1. The lowest BCUT2D eigenvalue weighted by atomic mass is 9.57. The molecule has 0 aliphatic heterocycles. The average molecular weight is 616 g/mol. The Bertz CT molecular complexity index is 462. The summed E-state index contributed by atoms with van der Waals surface area (Å²) in [5.41, 5.74) is 0.573. The molecule has 0 heterocycles. The van der Waals surface area contributed by atoms with Crippen LogP contribution >= 0.6 is 15.9 Å². The van der Waals surface area contributed by atoms with Crippen LogP contribution in [-0.2, 0) is 4.74 Å². The Balaban J connectivity index is 5.35. The van der Waals surface area contributed by atoms with Gasteiger partial charge in [0.05, 0.1) is 6.10 Å². The number of unbranched alkanes of at least 4 members (excludes halogenated alkanes) is 19. The summed E-state index contributed by atoms with van der Waals surface area (Å²) in [6.07, 6.45) is 36.4. The van der Waals surface area contributed by atoms with Crippen LogP contribution in [0.15, 0.2) is 0 Å². The zero-order chi connectivity index (χ0) is 29.1. The summed E-state index contributed by atoms with van der Waals surface area (Å²) in [5.74, 6) is 0. The average Bonchev–Trinajstić information content (AvgIpc) is 2.91. The van der Waals surface area contributed by atoms with Crippen LogP contribution in [-0.4, -0.2) is 18.0 Å². The Morgan fingerprint density at radius 1 is 0.487 bits per heavy atom. The van der Waals surface area contributed by atoms with Gasteiger partial charge in [0.25, 0.3) is 0 Å². The minimum Gasteiger partial charge on any atom is -0.378 e. The third-order valence-electron chi connectivity index (χ3n) is 9.48. The van der Waals surface area contributed by atoms with Gasteiger partial charge in [-0.3, -0.25) is 0 Å². The van der Waals surface area contributed by atoms with Gasteiger partial charge < -0.3 is 4.74 Å². The molecule has 0 amide bonds. The zero-order valence-corrected chi connectivity index (χ0v) is 29.7. The second-order valence-corrected chi connectivity index (χ2v) is 14.6. The highest BCUT2D eigenvalue weighted by Gasteiger charge is 2.47. The molecule has 0 aromatic carbocycles. The lowest BCUT2D eigenvalue weighted by Gasteiger charge is -2.51. The quantitative estimate of drug-likeness (QED) is 0.0577. The summed E-state index contributed by atoms with van der Waals surface area (Å²) in [5, 5.41) is 1.05. The van der Waals surface area contributed by atoms with Crippen LogP contribution in [0.25, 0.3) is 0 Å². The van der Waals surface area contributed by atoms with Crippen LogP contribution < -0.4 is 0 Å². The molecule has 0 aromatic heterocycles. The number of hydrogen-bond donors (Lipinski definition) is 0. The maximum atomic E-state index is 6.92. The molecule has 0 saturated carbocycles. The highest BCUT2D eigenvalue weighted by atomic mass is 79.9. The van der Waals surface area contributed by atoms with E-state index in [9.17, 15) is 0 Å².